The van der Waals surface area contributed by atoms with Crippen molar-refractivity contribution < 1.29 is 4.79 Å². The van der Waals surface area contributed by atoms with Crippen LogP contribution < -0.4 is 0 Å². The standard InChI is InChI=1S/C21H32N4O/c1-24-12-10-19-18(14-24)13-22-21(23-19)17-7-4-11-25(15-17)20(26)9-8-16-5-2-3-6-16/h13,16-17H,2-12,14-15H2,1H3. The second kappa shape index (κ2) is 8.03. The van der Waals surface area contributed by atoms with E-state index < -0.39 is 0 Å². The minimum Gasteiger partial charge on any atom is -0.342 e. The van der Waals surface area contributed by atoms with Gasteiger partial charge in [0.15, 0.2) is 0 Å². The van der Waals surface area contributed by atoms with Gasteiger partial charge in [-0.2, -0.15) is 0 Å². The minimum absolute atomic E-state index is 0.309. The lowest BCUT2D eigenvalue weighted by Crippen LogP contribution is -2.39. The molecular formula is C21H32N4O. The van der Waals surface area contributed by atoms with E-state index in [1.165, 1.54) is 36.9 Å². The van der Waals surface area contributed by atoms with Crippen LogP contribution >= 0.6 is 0 Å². The predicted octanol–water partition coefficient (Wildman–Crippen LogP) is 3.14. The fourth-order valence-corrected chi connectivity index (χ4v) is 4.87. The van der Waals surface area contributed by atoms with E-state index in [1.54, 1.807) is 0 Å². The topological polar surface area (TPSA) is 49.3 Å². The molecule has 0 spiro atoms. The molecule has 1 aromatic heterocycles. The summed E-state index contributed by atoms with van der Waals surface area (Å²) < 4.78 is 0. The Labute approximate surface area is 157 Å². The summed E-state index contributed by atoms with van der Waals surface area (Å²) in [6, 6.07) is 0. The van der Waals surface area contributed by atoms with Crippen LogP contribution in [-0.4, -0.2) is 52.4 Å². The van der Waals surface area contributed by atoms with Gasteiger partial charge in [-0.15, -0.1) is 0 Å². The number of hydrogen-bond donors (Lipinski definition) is 0. The molecule has 1 aliphatic carbocycles. The van der Waals surface area contributed by atoms with E-state index in [0.29, 0.717) is 11.8 Å². The Kier molecular flexibility index (Phi) is 5.53. The van der Waals surface area contributed by atoms with Crippen molar-refractivity contribution in [3.63, 3.8) is 0 Å². The van der Waals surface area contributed by atoms with Crippen LogP contribution in [0.4, 0.5) is 0 Å². The zero-order valence-corrected chi connectivity index (χ0v) is 16.1. The molecule has 0 radical (unpaired) electrons. The third-order valence-electron chi connectivity index (χ3n) is 6.52. The molecule has 142 valence electrons. The van der Waals surface area contributed by atoms with Gasteiger partial charge in [0.25, 0.3) is 0 Å². The summed E-state index contributed by atoms with van der Waals surface area (Å²) in [6.45, 7) is 3.74. The van der Waals surface area contributed by atoms with Gasteiger partial charge < -0.3 is 9.80 Å². The molecule has 2 aliphatic heterocycles. The van der Waals surface area contributed by atoms with E-state index >= 15 is 0 Å². The summed E-state index contributed by atoms with van der Waals surface area (Å²) in [5, 5.41) is 0. The van der Waals surface area contributed by atoms with Gasteiger partial charge in [0, 0.05) is 62.4 Å². The average molecular weight is 357 g/mol. The van der Waals surface area contributed by atoms with Crippen LogP contribution in [0.2, 0.25) is 0 Å². The molecule has 5 nitrogen and oxygen atoms in total. The van der Waals surface area contributed by atoms with Crippen LogP contribution in [-0.2, 0) is 17.8 Å². The normalized spacial score (nSPS) is 24.7. The van der Waals surface area contributed by atoms with Gasteiger partial charge in [0.05, 0.1) is 0 Å². The highest BCUT2D eigenvalue weighted by atomic mass is 16.2. The summed E-state index contributed by atoms with van der Waals surface area (Å²) in [5.41, 5.74) is 2.49. The molecule has 3 aliphatic rings. The molecule has 1 saturated carbocycles. The Hall–Kier alpha value is -1.49. The van der Waals surface area contributed by atoms with Crippen LogP contribution in [0.3, 0.4) is 0 Å². The van der Waals surface area contributed by atoms with Gasteiger partial charge in [0.1, 0.15) is 5.82 Å². The van der Waals surface area contributed by atoms with Crippen LogP contribution in [0, 0.1) is 5.92 Å². The van der Waals surface area contributed by atoms with Crippen LogP contribution in [0.5, 0.6) is 0 Å². The van der Waals surface area contributed by atoms with Gasteiger partial charge in [0.2, 0.25) is 5.91 Å². The number of likely N-dealkylation sites (tertiary alicyclic amines) is 1. The second-order valence-electron chi connectivity index (χ2n) is 8.56. The molecule has 5 heteroatoms. The third-order valence-corrected chi connectivity index (χ3v) is 6.52. The van der Waals surface area contributed by atoms with Crippen molar-refractivity contribution in [1.82, 2.24) is 19.8 Å². The van der Waals surface area contributed by atoms with Gasteiger partial charge in [-0.05, 0) is 32.2 Å². The number of nitrogens with zero attached hydrogens (tertiary/aromatic N) is 4. The summed E-state index contributed by atoms with van der Waals surface area (Å²) in [5.74, 6) is 2.41. The molecule has 2 fully saturated rings. The van der Waals surface area contributed by atoms with E-state index in [4.69, 9.17) is 4.98 Å². The first-order valence-electron chi connectivity index (χ1n) is 10.5. The fraction of sp³-hybridized carbons (Fsp3) is 0.762. The Morgan fingerprint density at radius 1 is 1.19 bits per heavy atom. The summed E-state index contributed by atoms with van der Waals surface area (Å²) in [4.78, 5) is 26.7. The van der Waals surface area contributed by atoms with Crippen molar-refractivity contribution in [3.8, 4) is 0 Å². The molecule has 1 aromatic rings. The molecule has 0 aromatic carbocycles. The highest BCUT2D eigenvalue weighted by molar-refractivity contribution is 5.76. The number of carbonyl (C=O) groups excluding carboxylic acids is 1. The van der Waals surface area contributed by atoms with Crippen molar-refractivity contribution in [2.45, 2.75) is 70.3 Å². The van der Waals surface area contributed by atoms with Crippen molar-refractivity contribution in [3.05, 3.63) is 23.3 Å². The second-order valence-corrected chi connectivity index (χ2v) is 8.56. The molecular weight excluding hydrogens is 324 g/mol. The van der Waals surface area contributed by atoms with Crippen LogP contribution in [0.15, 0.2) is 6.20 Å². The van der Waals surface area contributed by atoms with Crippen molar-refractivity contribution in [2.24, 2.45) is 5.92 Å². The predicted molar refractivity (Wildman–Crippen MR) is 102 cm³/mol. The van der Waals surface area contributed by atoms with Crippen molar-refractivity contribution in [2.75, 3.05) is 26.7 Å². The molecule has 0 bridgehead atoms. The molecule has 0 N–H and O–H groups in total. The van der Waals surface area contributed by atoms with Crippen molar-refractivity contribution >= 4 is 5.91 Å². The fourth-order valence-electron chi connectivity index (χ4n) is 4.87. The Bertz CT molecular complexity index is 641. The molecule has 1 unspecified atom stereocenters. The van der Waals surface area contributed by atoms with Gasteiger partial charge in [-0.1, -0.05) is 25.7 Å². The minimum atomic E-state index is 0.309. The number of fused-ring (bicyclic) bond motifs is 1. The third kappa shape index (κ3) is 4.08. The SMILES string of the molecule is CN1CCc2nc(C3CCCN(C(=O)CCC4CCCC4)C3)ncc2C1. The Morgan fingerprint density at radius 3 is 2.88 bits per heavy atom. The first kappa shape index (κ1) is 17.9. The number of likely N-dealkylation sites (N-methyl/N-ethyl adjacent to an activating group) is 1. The number of amides is 1. The summed E-state index contributed by atoms with van der Waals surface area (Å²) in [6.07, 6.45) is 12.4. The average Bonchev–Trinajstić information content (AvgIpc) is 3.19. The van der Waals surface area contributed by atoms with E-state index in [0.717, 1.165) is 70.0 Å². The number of hydrogen-bond acceptors (Lipinski definition) is 4. The van der Waals surface area contributed by atoms with Gasteiger partial charge in [-0.3, -0.25) is 4.79 Å². The van der Waals surface area contributed by atoms with Crippen molar-refractivity contribution in [1.29, 1.82) is 0 Å². The summed E-state index contributed by atoms with van der Waals surface area (Å²) >= 11 is 0. The lowest BCUT2D eigenvalue weighted by Gasteiger charge is -2.33. The molecule has 1 saturated heterocycles. The van der Waals surface area contributed by atoms with E-state index in [9.17, 15) is 4.79 Å². The number of carbonyl (C=O) groups is 1. The Morgan fingerprint density at radius 2 is 2.04 bits per heavy atom. The van der Waals surface area contributed by atoms with Gasteiger partial charge in [-0.25, -0.2) is 9.97 Å². The van der Waals surface area contributed by atoms with Gasteiger partial charge >= 0.3 is 0 Å². The number of rotatable bonds is 4. The molecule has 3 heterocycles. The first-order chi connectivity index (χ1) is 12.7. The van der Waals surface area contributed by atoms with E-state index in [1.807, 2.05) is 6.20 Å². The van der Waals surface area contributed by atoms with Crippen LogP contribution in [0.1, 0.15) is 74.4 Å². The lowest BCUT2D eigenvalue weighted by atomic mass is 9.95. The maximum absolute atomic E-state index is 12.7. The summed E-state index contributed by atoms with van der Waals surface area (Å²) in [7, 11) is 2.15. The lowest BCUT2D eigenvalue weighted by molar-refractivity contribution is -0.132. The van der Waals surface area contributed by atoms with E-state index in [2.05, 4.69) is 21.8 Å². The Balaban J connectivity index is 1.36. The van der Waals surface area contributed by atoms with Crippen LogP contribution in [0.25, 0.3) is 0 Å². The first-order valence-corrected chi connectivity index (χ1v) is 10.5. The highest BCUT2D eigenvalue weighted by Crippen LogP contribution is 2.30. The molecule has 26 heavy (non-hydrogen) atoms. The zero-order valence-electron chi connectivity index (χ0n) is 16.1. The number of aromatic nitrogens is 2. The molecule has 1 amide bonds. The van der Waals surface area contributed by atoms with E-state index in [-0.39, 0.29) is 0 Å². The monoisotopic (exact) mass is 356 g/mol. The smallest absolute Gasteiger partial charge is 0.222 e. The highest BCUT2D eigenvalue weighted by Gasteiger charge is 2.28. The maximum Gasteiger partial charge on any atom is 0.222 e. The molecule has 4 rings (SSSR count). The quantitative estimate of drug-likeness (QED) is 0.832. The largest absolute Gasteiger partial charge is 0.342 e. The molecule has 1 atom stereocenters. The number of piperidine rings is 1. The maximum atomic E-state index is 12.7. The zero-order chi connectivity index (χ0) is 17.9.